The van der Waals surface area contributed by atoms with Gasteiger partial charge in [0.1, 0.15) is 18.3 Å². The first-order valence-corrected chi connectivity index (χ1v) is 8.10. The second-order valence-corrected chi connectivity index (χ2v) is 6.71. The summed E-state index contributed by atoms with van der Waals surface area (Å²) in [5, 5.41) is 11.4. The number of ether oxygens (including phenoxy) is 6. The number of hydrogen-bond donors (Lipinski definition) is 1. The molecule has 0 amide bonds. The summed E-state index contributed by atoms with van der Waals surface area (Å²) < 4.78 is 32.8. The molecule has 9 heteroatoms. The predicted octanol–water partition coefficient (Wildman–Crippen LogP) is 0.125. The second kappa shape index (κ2) is 7.55. The maximum absolute atomic E-state index is 11.5. The molecule has 0 radical (unpaired) electrons. The van der Waals surface area contributed by atoms with Gasteiger partial charge in [-0.2, -0.15) is 0 Å². The summed E-state index contributed by atoms with van der Waals surface area (Å²) in [6.07, 6.45) is -3.55. The lowest BCUT2D eigenvalue weighted by Gasteiger charge is -2.48. The lowest BCUT2D eigenvalue weighted by molar-refractivity contribution is -0.341. The zero-order chi connectivity index (χ0) is 18.8. The summed E-state index contributed by atoms with van der Waals surface area (Å²) >= 11 is 0. The SMILES string of the molecule is CO[C@H]1O[C@H](COC(C)=O)C[C@@]2(O)[C@@H](OC(C)=O)COC(C)(C)O[C@@H]12. The summed E-state index contributed by atoms with van der Waals surface area (Å²) in [5.41, 5.74) is -1.64. The van der Waals surface area contributed by atoms with Crippen LogP contribution in [-0.4, -0.2) is 73.4 Å². The number of hydrogen-bond acceptors (Lipinski definition) is 9. The van der Waals surface area contributed by atoms with E-state index in [9.17, 15) is 14.7 Å². The Morgan fingerprint density at radius 2 is 1.92 bits per heavy atom. The highest BCUT2D eigenvalue weighted by molar-refractivity contribution is 5.66. The minimum absolute atomic E-state index is 0.0161. The van der Waals surface area contributed by atoms with Crippen molar-refractivity contribution in [3.8, 4) is 0 Å². The molecule has 0 aliphatic carbocycles. The van der Waals surface area contributed by atoms with Crippen LogP contribution in [0.25, 0.3) is 0 Å². The van der Waals surface area contributed by atoms with Crippen molar-refractivity contribution in [2.24, 2.45) is 0 Å². The third kappa shape index (κ3) is 4.68. The fourth-order valence-corrected chi connectivity index (χ4v) is 3.08. The van der Waals surface area contributed by atoms with E-state index in [2.05, 4.69) is 0 Å². The van der Waals surface area contributed by atoms with E-state index in [1.807, 2.05) is 0 Å². The van der Waals surface area contributed by atoms with Crippen molar-refractivity contribution < 1.29 is 43.1 Å². The predicted molar refractivity (Wildman–Crippen MR) is 82.3 cm³/mol. The molecule has 25 heavy (non-hydrogen) atoms. The van der Waals surface area contributed by atoms with Gasteiger partial charge in [0.05, 0.1) is 12.7 Å². The molecule has 0 unspecified atom stereocenters. The highest BCUT2D eigenvalue weighted by atomic mass is 16.8. The smallest absolute Gasteiger partial charge is 0.303 e. The van der Waals surface area contributed by atoms with Gasteiger partial charge in [0.15, 0.2) is 18.2 Å². The van der Waals surface area contributed by atoms with Crippen LogP contribution in [-0.2, 0) is 38.0 Å². The van der Waals surface area contributed by atoms with Crippen LogP contribution in [0.1, 0.15) is 34.1 Å². The molecule has 5 atom stereocenters. The first-order valence-electron chi connectivity index (χ1n) is 8.10. The summed E-state index contributed by atoms with van der Waals surface area (Å²) in [4.78, 5) is 22.6. The molecule has 2 rings (SSSR count). The quantitative estimate of drug-likeness (QED) is 0.698. The van der Waals surface area contributed by atoms with E-state index in [-0.39, 0.29) is 19.6 Å². The Labute approximate surface area is 146 Å². The first-order chi connectivity index (χ1) is 11.6. The van der Waals surface area contributed by atoms with Crippen LogP contribution in [0, 0.1) is 0 Å². The zero-order valence-corrected chi connectivity index (χ0v) is 15.1. The van der Waals surface area contributed by atoms with Gasteiger partial charge in [0.2, 0.25) is 0 Å². The molecule has 2 aliphatic rings. The van der Waals surface area contributed by atoms with Crippen LogP contribution in [0.3, 0.4) is 0 Å². The fraction of sp³-hybridized carbons (Fsp3) is 0.875. The number of carbonyl (C=O) groups excluding carboxylic acids is 2. The number of rotatable bonds is 4. The Kier molecular flexibility index (Phi) is 6.05. The molecule has 2 fully saturated rings. The fourth-order valence-electron chi connectivity index (χ4n) is 3.08. The highest BCUT2D eigenvalue weighted by Crippen LogP contribution is 2.40. The highest BCUT2D eigenvalue weighted by Gasteiger charge is 2.59. The average Bonchev–Trinajstić information content (AvgIpc) is 2.59. The Hall–Kier alpha value is -1.26. The summed E-state index contributed by atoms with van der Waals surface area (Å²) in [5.74, 6) is -2.07. The molecule has 0 aromatic carbocycles. The van der Waals surface area contributed by atoms with E-state index in [0.29, 0.717) is 0 Å². The molecule has 0 spiro atoms. The molecule has 1 N–H and O–H groups in total. The molecular weight excluding hydrogens is 336 g/mol. The van der Waals surface area contributed by atoms with Gasteiger partial charge in [0, 0.05) is 27.4 Å². The number of fused-ring (bicyclic) bond motifs is 1. The van der Waals surface area contributed by atoms with Gasteiger partial charge >= 0.3 is 11.9 Å². The maximum atomic E-state index is 11.5. The molecule has 9 nitrogen and oxygen atoms in total. The first kappa shape index (κ1) is 20.1. The summed E-state index contributed by atoms with van der Waals surface area (Å²) in [7, 11) is 1.41. The van der Waals surface area contributed by atoms with Crippen molar-refractivity contribution in [1.82, 2.24) is 0 Å². The van der Waals surface area contributed by atoms with E-state index in [1.54, 1.807) is 13.8 Å². The second-order valence-electron chi connectivity index (χ2n) is 6.71. The Bertz CT molecular complexity index is 506. The lowest BCUT2D eigenvalue weighted by Crippen LogP contribution is -2.65. The molecule has 144 valence electrons. The summed E-state index contributed by atoms with van der Waals surface area (Å²) in [6, 6.07) is 0. The van der Waals surface area contributed by atoms with Gasteiger partial charge in [-0.05, 0) is 13.8 Å². The van der Waals surface area contributed by atoms with E-state index < -0.39 is 47.9 Å². The zero-order valence-electron chi connectivity index (χ0n) is 15.1. The van der Waals surface area contributed by atoms with E-state index >= 15 is 0 Å². The van der Waals surface area contributed by atoms with Crippen molar-refractivity contribution in [2.75, 3.05) is 20.3 Å². The van der Waals surface area contributed by atoms with Crippen LogP contribution in [0.4, 0.5) is 0 Å². The third-order valence-corrected chi connectivity index (χ3v) is 4.18. The Morgan fingerprint density at radius 1 is 1.24 bits per heavy atom. The van der Waals surface area contributed by atoms with Gasteiger partial charge in [0.25, 0.3) is 0 Å². The minimum Gasteiger partial charge on any atom is -0.463 e. The van der Waals surface area contributed by atoms with Crippen LogP contribution in [0.5, 0.6) is 0 Å². The molecule has 0 aromatic heterocycles. The topological polar surface area (TPSA) is 110 Å². The van der Waals surface area contributed by atoms with Gasteiger partial charge < -0.3 is 33.5 Å². The Morgan fingerprint density at radius 3 is 2.48 bits per heavy atom. The van der Waals surface area contributed by atoms with Gasteiger partial charge in [-0.15, -0.1) is 0 Å². The molecular formula is C16H26O9. The van der Waals surface area contributed by atoms with Crippen molar-refractivity contribution in [3.63, 3.8) is 0 Å². The molecule has 2 saturated heterocycles. The largest absolute Gasteiger partial charge is 0.463 e. The Balaban J connectivity index is 2.32. The van der Waals surface area contributed by atoms with Crippen molar-refractivity contribution >= 4 is 11.9 Å². The number of esters is 2. The molecule has 0 bridgehead atoms. The molecule has 2 aliphatic heterocycles. The lowest BCUT2D eigenvalue weighted by atomic mass is 9.82. The minimum atomic E-state index is -1.64. The monoisotopic (exact) mass is 362 g/mol. The van der Waals surface area contributed by atoms with E-state index in [1.165, 1.54) is 21.0 Å². The molecule has 0 saturated carbocycles. The van der Waals surface area contributed by atoms with Crippen molar-refractivity contribution in [2.45, 2.75) is 70.1 Å². The van der Waals surface area contributed by atoms with Crippen LogP contribution < -0.4 is 0 Å². The van der Waals surface area contributed by atoms with Crippen molar-refractivity contribution in [1.29, 1.82) is 0 Å². The standard InChI is InChI=1S/C16H26O9/c1-9(17)21-7-11-6-16(19)12(23-10(2)18)8-22-15(3,4)25-13(16)14(20-5)24-11/h11-14,19H,6-8H2,1-5H3/t11-,12-,13-,14-,16+/m0/s1. The van der Waals surface area contributed by atoms with Gasteiger partial charge in [-0.25, -0.2) is 0 Å². The van der Waals surface area contributed by atoms with Crippen LogP contribution in [0.15, 0.2) is 0 Å². The van der Waals surface area contributed by atoms with Gasteiger partial charge in [-0.1, -0.05) is 0 Å². The normalized spacial score (nSPS) is 37.5. The number of aliphatic hydroxyl groups is 1. The average molecular weight is 362 g/mol. The van der Waals surface area contributed by atoms with E-state index in [0.717, 1.165) is 0 Å². The number of carbonyl (C=O) groups is 2. The third-order valence-electron chi connectivity index (χ3n) is 4.18. The maximum Gasteiger partial charge on any atom is 0.303 e. The van der Waals surface area contributed by atoms with Crippen LogP contribution in [0.2, 0.25) is 0 Å². The van der Waals surface area contributed by atoms with Crippen LogP contribution >= 0.6 is 0 Å². The molecule has 0 aromatic rings. The van der Waals surface area contributed by atoms with E-state index in [4.69, 9.17) is 28.4 Å². The summed E-state index contributed by atoms with van der Waals surface area (Å²) in [6.45, 7) is 5.76. The number of methoxy groups -OCH3 is 1. The molecule has 2 heterocycles. The van der Waals surface area contributed by atoms with Gasteiger partial charge in [-0.3, -0.25) is 9.59 Å². The van der Waals surface area contributed by atoms with Crippen molar-refractivity contribution in [3.05, 3.63) is 0 Å².